The molecule has 13 heteroatoms. The van der Waals surface area contributed by atoms with Crippen molar-refractivity contribution in [3.05, 3.63) is 111 Å². The first-order chi connectivity index (χ1) is 20.5. The topological polar surface area (TPSA) is 110 Å². The van der Waals surface area contributed by atoms with Crippen molar-refractivity contribution >= 4 is 17.8 Å². The maximum atomic E-state index is 14.2. The average molecular weight is 597 g/mol. The first-order valence-corrected chi connectivity index (χ1v) is 13.3. The lowest BCUT2D eigenvalue weighted by molar-refractivity contribution is -0.141. The van der Waals surface area contributed by atoms with Gasteiger partial charge in [0.05, 0.1) is 6.04 Å². The number of nitrogens with one attached hydrogen (secondary N) is 1. The van der Waals surface area contributed by atoms with Gasteiger partial charge < -0.3 is 19.7 Å². The van der Waals surface area contributed by atoms with E-state index in [2.05, 4.69) is 5.32 Å². The molecule has 5 rings (SSSR count). The molecule has 43 heavy (non-hydrogen) atoms. The van der Waals surface area contributed by atoms with Crippen LogP contribution in [0.15, 0.2) is 65.6 Å². The Bertz CT molecular complexity index is 1650. The fourth-order valence-corrected chi connectivity index (χ4v) is 4.85. The van der Waals surface area contributed by atoms with E-state index in [-0.39, 0.29) is 25.6 Å². The third-order valence-electron chi connectivity index (χ3n) is 7.13. The van der Waals surface area contributed by atoms with Crippen LogP contribution in [0.1, 0.15) is 45.8 Å². The van der Waals surface area contributed by atoms with E-state index in [4.69, 9.17) is 9.47 Å². The zero-order chi connectivity index (χ0) is 30.8. The Morgan fingerprint density at radius 2 is 1.74 bits per heavy atom. The molecule has 0 saturated heterocycles. The molecule has 0 spiro atoms. The zero-order valence-electron chi connectivity index (χ0n) is 23.2. The van der Waals surface area contributed by atoms with E-state index >= 15 is 0 Å². The van der Waals surface area contributed by atoms with Crippen molar-refractivity contribution in [2.45, 2.75) is 39.1 Å². The van der Waals surface area contributed by atoms with E-state index in [0.29, 0.717) is 17.7 Å². The van der Waals surface area contributed by atoms with E-state index in [1.165, 1.54) is 16.5 Å². The summed E-state index contributed by atoms with van der Waals surface area (Å²) < 4.78 is 54.2. The number of hydrogen-bond donors (Lipinski definition) is 1. The number of aromatic nitrogens is 1. The Kier molecular flexibility index (Phi) is 8.24. The highest BCUT2D eigenvalue weighted by molar-refractivity contribution is 5.99. The van der Waals surface area contributed by atoms with E-state index in [1.54, 1.807) is 54.4 Å². The summed E-state index contributed by atoms with van der Waals surface area (Å²) in [4.78, 5) is 53.9. The van der Waals surface area contributed by atoms with Gasteiger partial charge in [-0.15, -0.1) is 0 Å². The molecular formula is C30H27F3N4O6. The first kappa shape index (κ1) is 29.4. The van der Waals surface area contributed by atoms with Crippen molar-refractivity contribution in [2.75, 3.05) is 18.3 Å². The fraction of sp³-hybridized carbons (Fsp3) is 0.267. The number of rotatable bonds is 8. The standard InChI is InChI=1S/C30H27F3N4O6/c1-17-8-9-21(15-42-18(2)38)37-16-35(17)30(41)26-28(43-14-19-6-4-3-5-7-19)27(39)23(13-36(26)37)29(40)34-12-22-24(32)10-20(31)11-25(22)33/h3-11,13,17,21H,12,14-16H2,1-2H3,(H,34,40)/t17-,21-/m0/s1. The van der Waals surface area contributed by atoms with Gasteiger partial charge in [0.1, 0.15) is 42.9 Å². The summed E-state index contributed by atoms with van der Waals surface area (Å²) in [7, 11) is 0. The van der Waals surface area contributed by atoms with Crippen molar-refractivity contribution in [1.29, 1.82) is 0 Å². The van der Waals surface area contributed by atoms with Gasteiger partial charge in [-0.2, -0.15) is 0 Å². The number of carbonyl (C=O) groups excluding carboxylic acids is 3. The smallest absolute Gasteiger partial charge is 0.302 e. The van der Waals surface area contributed by atoms with Crippen LogP contribution in [-0.4, -0.2) is 52.7 Å². The fourth-order valence-electron chi connectivity index (χ4n) is 4.85. The monoisotopic (exact) mass is 596 g/mol. The molecule has 2 atom stereocenters. The minimum absolute atomic E-state index is 0.0139. The summed E-state index contributed by atoms with van der Waals surface area (Å²) in [5, 5.41) is 3.92. The van der Waals surface area contributed by atoms with Crippen molar-refractivity contribution in [3.8, 4) is 5.75 Å². The molecule has 10 nitrogen and oxygen atoms in total. The Labute approximate surface area is 243 Å². The summed E-state index contributed by atoms with van der Waals surface area (Å²) in [6.45, 7) is 2.15. The molecule has 2 amide bonds. The zero-order valence-corrected chi connectivity index (χ0v) is 23.2. The van der Waals surface area contributed by atoms with Crippen LogP contribution in [0, 0.1) is 17.5 Å². The van der Waals surface area contributed by atoms with Crippen LogP contribution in [0.3, 0.4) is 0 Å². The van der Waals surface area contributed by atoms with Crippen LogP contribution in [0.25, 0.3) is 0 Å². The number of pyridine rings is 1. The summed E-state index contributed by atoms with van der Waals surface area (Å²) in [5.74, 6) is -6.03. The summed E-state index contributed by atoms with van der Waals surface area (Å²) in [5.41, 5.74) is -1.48. The number of hydrogen-bond acceptors (Lipinski definition) is 7. The maximum absolute atomic E-state index is 14.2. The van der Waals surface area contributed by atoms with Gasteiger partial charge in [-0.1, -0.05) is 42.5 Å². The minimum Gasteiger partial charge on any atom is -0.482 e. The maximum Gasteiger partial charge on any atom is 0.302 e. The average Bonchev–Trinajstić information content (AvgIpc) is 3.11. The molecule has 2 aliphatic heterocycles. The molecule has 1 aromatic heterocycles. The number of fused-ring (bicyclic) bond motifs is 4. The Morgan fingerprint density at radius 1 is 1.05 bits per heavy atom. The molecule has 2 aliphatic rings. The van der Waals surface area contributed by atoms with Gasteiger partial charge in [0.2, 0.25) is 5.43 Å². The van der Waals surface area contributed by atoms with Crippen molar-refractivity contribution in [3.63, 3.8) is 0 Å². The molecule has 2 bridgehead atoms. The van der Waals surface area contributed by atoms with E-state index in [9.17, 15) is 32.3 Å². The van der Waals surface area contributed by atoms with Crippen LogP contribution in [0.2, 0.25) is 0 Å². The highest BCUT2D eigenvalue weighted by Gasteiger charge is 2.40. The number of nitrogens with zero attached hydrogens (tertiary/aromatic N) is 3. The van der Waals surface area contributed by atoms with E-state index in [1.807, 2.05) is 0 Å². The lowest BCUT2D eigenvalue weighted by Gasteiger charge is -2.42. The number of halogens is 3. The molecule has 0 saturated carbocycles. The van der Waals surface area contributed by atoms with E-state index in [0.717, 1.165) is 6.20 Å². The Morgan fingerprint density at radius 3 is 2.42 bits per heavy atom. The Balaban J connectivity index is 1.59. The Hall–Kier alpha value is -5.07. The largest absolute Gasteiger partial charge is 0.482 e. The summed E-state index contributed by atoms with van der Waals surface area (Å²) in [6.07, 6.45) is 4.65. The highest BCUT2D eigenvalue weighted by atomic mass is 19.1. The quantitative estimate of drug-likeness (QED) is 0.315. The minimum atomic E-state index is -1.21. The molecule has 1 N–H and O–H groups in total. The van der Waals surface area contributed by atoms with Crippen LogP contribution >= 0.6 is 0 Å². The van der Waals surface area contributed by atoms with Gasteiger partial charge in [-0.25, -0.2) is 13.2 Å². The number of esters is 1. The third-order valence-corrected chi connectivity index (χ3v) is 7.13. The second kappa shape index (κ2) is 12.0. The van der Waals surface area contributed by atoms with Gasteiger partial charge in [0, 0.05) is 43.4 Å². The molecule has 224 valence electrons. The van der Waals surface area contributed by atoms with Crippen LogP contribution in [0.5, 0.6) is 5.75 Å². The first-order valence-electron chi connectivity index (χ1n) is 13.3. The normalized spacial score (nSPS) is 17.3. The number of amides is 2. The molecular weight excluding hydrogens is 569 g/mol. The van der Waals surface area contributed by atoms with E-state index < -0.39 is 76.2 Å². The van der Waals surface area contributed by atoms with Gasteiger partial charge in [-0.05, 0) is 12.5 Å². The van der Waals surface area contributed by atoms with Crippen molar-refractivity contribution in [2.24, 2.45) is 0 Å². The van der Waals surface area contributed by atoms with Crippen molar-refractivity contribution in [1.82, 2.24) is 14.9 Å². The second-order valence-corrected chi connectivity index (χ2v) is 10.1. The van der Waals surface area contributed by atoms with Crippen LogP contribution in [0.4, 0.5) is 13.2 Å². The van der Waals surface area contributed by atoms with Gasteiger partial charge in [0.15, 0.2) is 11.4 Å². The second-order valence-electron chi connectivity index (χ2n) is 10.1. The van der Waals surface area contributed by atoms with Gasteiger partial charge in [0.25, 0.3) is 11.8 Å². The molecule has 3 aromatic rings. The van der Waals surface area contributed by atoms with Gasteiger partial charge >= 0.3 is 5.97 Å². The number of carbonyl (C=O) groups is 3. The summed E-state index contributed by atoms with van der Waals surface area (Å²) >= 11 is 0. The molecule has 3 heterocycles. The molecule has 0 fully saturated rings. The lowest BCUT2D eigenvalue weighted by atomic mass is 10.1. The molecule has 2 aromatic carbocycles. The molecule has 0 radical (unpaired) electrons. The van der Waals surface area contributed by atoms with Crippen LogP contribution < -0.4 is 20.5 Å². The highest BCUT2D eigenvalue weighted by Crippen LogP contribution is 2.28. The predicted octanol–water partition coefficient (Wildman–Crippen LogP) is 3.02. The number of benzene rings is 2. The van der Waals surface area contributed by atoms with Crippen molar-refractivity contribution < 1.29 is 37.0 Å². The number of ether oxygens (including phenoxy) is 2. The molecule has 0 aliphatic carbocycles. The third kappa shape index (κ3) is 5.96. The molecule has 0 unspecified atom stereocenters. The van der Waals surface area contributed by atoms with Crippen LogP contribution in [-0.2, 0) is 22.7 Å². The lowest BCUT2D eigenvalue weighted by Crippen LogP contribution is -2.59. The predicted molar refractivity (Wildman–Crippen MR) is 147 cm³/mol. The van der Waals surface area contributed by atoms with Gasteiger partial charge in [-0.3, -0.25) is 28.9 Å². The summed E-state index contributed by atoms with van der Waals surface area (Å²) in [6, 6.07) is 8.78. The SMILES string of the molecule is CC(=O)OC[C@@H]1C=C[C@H](C)N2CN1n1cc(C(=O)NCc3c(F)cc(F)cc3F)c(=O)c(OCc3ccccc3)c1C2=O.